The van der Waals surface area contributed by atoms with Gasteiger partial charge in [0.2, 0.25) is 0 Å². The van der Waals surface area contributed by atoms with Crippen molar-refractivity contribution in [2.24, 2.45) is 0 Å². The van der Waals surface area contributed by atoms with Gasteiger partial charge in [0.25, 0.3) is 0 Å². The predicted molar refractivity (Wildman–Crippen MR) is 83.8 cm³/mol. The van der Waals surface area contributed by atoms with Gasteiger partial charge in [-0.2, -0.15) is 0 Å². The Labute approximate surface area is 130 Å². The van der Waals surface area contributed by atoms with Crippen LogP contribution in [-0.4, -0.2) is 11.1 Å². The molecule has 0 spiro atoms. The average Bonchev–Trinajstić information content (AvgIpc) is 2.82. The molecule has 0 aliphatic rings. The van der Waals surface area contributed by atoms with Gasteiger partial charge in [-0.3, -0.25) is 0 Å². The van der Waals surface area contributed by atoms with Gasteiger partial charge in [0.1, 0.15) is 12.4 Å². The lowest BCUT2D eigenvalue weighted by Crippen LogP contribution is -2.00. The van der Waals surface area contributed by atoms with E-state index in [4.69, 9.17) is 4.74 Å². The maximum atomic E-state index is 11.3. The fourth-order valence-corrected chi connectivity index (χ4v) is 3.05. The summed E-state index contributed by atoms with van der Waals surface area (Å²) < 4.78 is 6.65. The van der Waals surface area contributed by atoms with E-state index in [0.717, 1.165) is 14.9 Å². The molecule has 1 aromatic heterocycles. The molecule has 0 aliphatic carbocycles. The molecule has 0 bridgehead atoms. The van der Waals surface area contributed by atoms with Crippen LogP contribution in [0.25, 0.3) is 0 Å². The number of thiophene rings is 1. The smallest absolute Gasteiger partial charge is 0.349 e. The average molecular weight is 355 g/mol. The number of hydrogen-bond donors (Lipinski definition) is 1. The Morgan fingerprint density at radius 1 is 1.40 bits per heavy atom. The fraction of sp³-hybridized carbons (Fsp3) is 0.267. The molecule has 0 saturated heterocycles. The minimum absolute atomic E-state index is 0.265. The van der Waals surface area contributed by atoms with Crippen molar-refractivity contribution in [2.75, 3.05) is 0 Å². The second kappa shape index (κ2) is 6.41. The topological polar surface area (TPSA) is 46.5 Å². The molecule has 1 N–H and O–H groups in total. The molecule has 106 valence electrons. The Morgan fingerprint density at radius 3 is 2.70 bits per heavy atom. The first kappa shape index (κ1) is 15.1. The molecule has 1 heterocycles. The number of carbonyl (C=O) groups is 1. The zero-order valence-electron chi connectivity index (χ0n) is 11.2. The number of halogens is 1. The van der Waals surface area contributed by atoms with Crippen LogP contribution in [0.1, 0.15) is 39.9 Å². The summed E-state index contributed by atoms with van der Waals surface area (Å²) in [6.45, 7) is 4.42. The van der Waals surface area contributed by atoms with Crippen LogP contribution >= 0.6 is 27.3 Å². The lowest BCUT2D eigenvalue weighted by molar-refractivity contribution is 0.0697. The van der Waals surface area contributed by atoms with Crippen molar-refractivity contribution >= 4 is 33.2 Å². The van der Waals surface area contributed by atoms with Crippen LogP contribution in [0.5, 0.6) is 5.75 Å². The number of ether oxygens (including phenoxy) is 1. The van der Waals surface area contributed by atoms with E-state index in [1.807, 2.05) is 44.2 Å². The maximum Gasteiger partial charge on any atom is 0.349 e. The van der Waals surface area contributed by atoms with E-state index in [-0.39, 0.29) is 4.88 Å². The van der Waals surface area contributed by atoms with Crippen molar-refractivity contribution in [1.29, 1.82) is 0 Å². The standard InChI is InChI=1S/C15H15BrO3S/c1-9(2)13-7-12(14(20-13)15(17)18)19-8-10-5-3-4-6-11(10)16/h3-7,9H,8H2,1-2H3,(H,17,18). The van der Waals surface area contributed by atoms with E-state index in [1.165, 1.54) is 11.3 Å². The van der Waals surface area contributed by atoms with Gasteiger partial charge in [-0.05, 0) is 18.1 Å². The quantitative estimate of drug-likeness (QED) is 0.829. The molecule has 0 atom stereocenters. The second-order valence-electron chi connectivity index (χ2n) is 4.68. The lowest BCUT2D eigenvalue weighted by Gasteiger charge is -2.07. The van der Waals surface area contributed by atoms with Crippen molar-refractivity contribution in [3.63, 3.8) is 0 Å². The third kappa shape index (κ3) is 3.41. The summed E-state index contributed by atoms with van der Waals surface area (Å²) in [6.07, 6.45) is 0. The zero-order valence-corrected chi connectivity index (χ0v) is 13.6. The van der Waals surface area contributed by atoms with E-state index < -0.39 is 5.97 Å². The number of rotatable bonds is 5. The maximum absolute atomic E-state index is 11.3. The largest absolute Gasteiger partial charge is 0.487 e. The summed E-state index contributed by atoms with van der Waals surface area (Å²) in [4.78, 5) is 12.5. The van der Waals surface area contributed by atoms with Crippen LogP contribution < -0.4 is 4.74 Å². The van der Waals surface area contributed by atoms with E-state index in [1.54, 1.807) is 0 Å². The highest BCUT2D eigenvalue weighted by molar-refractivity contribution is 9.10. The van der Waals surface area contributed by atoms with Crippen LogP contribution in [0.2, 0.25) is 0 Å². The molecule has 0 radical (unpaired) electrons. The monoisotopic (exact) mass is 354 g/mol. The first-order chi connectivity index (χ1) is 9.49. The van der Waals surface area contributed by atoms with Crippen LogP contribution in [0.15, 0.2) is 34.8 Å². The van der Waals surface area contributed by atoms with Gasteiger partial charge in [0, 0.05) is 14.9 Å². The molecule has 0 aliphatic heterocycles. The minimum Gasteiger partial charge on any atom is -0.487 e. The Kier molecular flexibility index (Phi) is 4.83. The van der Waals surface area contributed by atoms with Gasteiger partial charge in [0.15, 0.2) is 4.88 Å². The summed E-state index contributed by atoms with van der Waals surface area (Å²) in [5.74, 6) is -0.204. The summed E-state index contributed by atoms with van der Waals surface area (Å²) >= 11 is 4.73. The first-order valence-electron chi connectivity index (χ1n) is 6.22. The van der Waals surface area contributed by atoms with E-state index in [9.17, 15) is 9.90 Å². The molecule has 0 amide bonds. The Bertz CT molecular complexity index is 619. The number of carboxylic acid groups (broad SMARTS) is 1. The number of benzene rings is 1. The van der Waals surface area contributed by atoms with Gasteiger partial charge >= 0.3 is 5.97 Å². The highest BCUT2D eigenvalue weighted by Gasteiger charge is 2.18. The number of hydrogen-bond acceptors (Lipinski definition) is 3. The van der Waals surface area contributed by atoms with Crippen molar-refractivity contribution in [2.45, 2.75) is 26.4 Å². The summed E-state index contributed by atoms with van der Waals surface area (Å²) in [7, 11) is 0. The summed E-state index contributed by atoms with van der Waals surface area (Å²) in [6, 6.07) is 9.56. The number of aromatic carboxylic acids is 1. The second-order valence-corrected chi connectivity index (χ2v) is 6.62. The van der Waals surface area contributed by atoms with Crippen LogP contribution in [0, 0.1) is 0 Å². The fourth-order valence-electron chi connectivity index (χ4n) is 1.70. The van der Waals surface area contributed by atoms with Crippen LogP contribution in [0.3, 0.4) is 0 Å². The van der Waals surface area contributed by atoms with Crippen molar-refractivity contribution in [3.8, 4) is 5.75 Å². The third-order valence-electron chi connectivity index (χ3n) is 2.82. The Balaban J connectivity index is 2.20. The van der Waals surface area contributed by atoms with Crippen LogP contribution in [0.4, 0.5) is 0 Å². The molecule has 1 aromatic carbocycles. The number of carboxylic acids is 1. The van der Waals surface area contributed by atoms with E-state index in [2.05, 4.69) is 15.9 Å². The van der Waals surface area contributed by atoms with Crippen molar-refractivity contribution in [1.82, 2.24) is 0 Å². The molecular weight excluding hydrogens is 340 g/mol. The van der Waals surface area contributed by atoms with Crippen molar-refractivity contribution in [3.05, 3.63) is 50.1 Å². The van der Waals surface area contributed by atoms with Gasteiger partial charge in [0.05, 0.1) is 0 Å². The van der Waals surface area contributed by atoms with Gasteiger partial charge < -0.3 is 9.84 Å². The molecule has 20 heavy (non-hydrogen) atoms. The summed E-state index contributed by atoms with van der Waals surface area (Å²) in [5, 5.41) is 9.23. The SMILES string of the molecule is CC(C)c1cc(OCc2ccccc2Br)c(C(=O)O)s1. The predicted octanol–water partition coefficient (Wildman–Crippen LogP) is 4.91. The van der Waals surface area contributed by atoms with Gasteiger partial charge in [-0.1, -0.05) is 48.0 Å². The molecule has 2 rings (SSSR count). The molecule has 0 unspecified atom stereocenters. The van der Waals surface area contributed by atoms with Gasteiger partial charge in [-0.15, -0.1) is 11.3 Å². The highest BCUT2D eigenvalue weighted by atomic mass is 79.9. The normalized spacial score (nSPS) is 10.8. The molecular formula is C15H15BrO3S. The highest BCUT2D eigenvalue weighted by Crippen LogP contribution is 2.34. The molecule has 3 nitrogen and oxygen atoms in total. The van der Waals surface area contributed by atoms with E-state index in [0.29, 0.717) is 18.3 Å². The minimum atomic E-state index is -0.941. The summed E-state index contributed by atoms with van der Waals surface area (Å²) in [5.41, 5.74) is 0.987. The molecule has 2 aromatic rings. The Hall–Kier alpha value is -1.33. The first-order valence-corrected chi connectivity index (χ1v) is 7.83. The third-order valence-corrected chi connectivity index (χ3v) is 5.00. The zero-order chi connectivity index (χ0) is 14.7. The molecule has 5 heteroatoms. The lowest BCUT2D eigenvalue weighted by atomic mass is 10.2. The van der Waals surface area contributed by atoms with E-state index >= 15 is 0 Å². The molecule has 0 fully saturated rings. The Morgan fingerprint density at radius 2 is 2.10 bits per heavy atom. The van der Waals surface area contributed by atoms with Gasteiger partial charge in [-0.25, -0.2) is 4.79 Å². The van der Waals surface area contributed by atoms with Crippen molar-refractivity contribution < 1.29 is 14.6 Å². The van der Waals surface area contributed by atoms with Crippen LogP contribution in [-0.2, 0) is 6.61 Å². The molecule has 0 saturated carbocycles.